The van der Waals surface area contributed by atoms with Crippen LogP contribution in [0, 0.1) is 51.2 Å². The number of carbonyl (C=O) groups excluding carboxylic acids is 1. The molecular formula is C42H59N3O5. The lowest BCUT2D eigenvalue weighted by molar-refractivity contribution is -0.218. The summed E-state index contributed by atoms with van der Waals surface area (Å²) in [4.78, 5) is 39.0. The summed E-state index contributed by atoms with van der Waals surface area (Å²) in [7, 11) is 0. The third-order valence-electron chi connectivity index (χ3n) is 16.2. The van der Waals surface area contributed by atoms with E-state index in [1.165, 1.54) is 30.4 Å². The lowest BCUT2D eigenvalue weighted by Crippen LogP contribution is -2.69. The van der Waals surface area contributed by atoms with Gasteiger partial charge in [0.25, 0.3) is 0 Å². The predicted molar refractivity (Wildman–Crippen MR) is 196 cm³/mol. The minimum absolute atomic E-state index is 0.0387. The van der Waals surface area contributed by atoms with Gasteiger partial charge in [0.15, 0.2) is 0 Å². The van der Waals surface area contributed by atoms with Crippen molar-refractivity contribution in [1.29, 1.82) is 0 Å². The minimum atomic E-state index is -0.911. The number of carbonyl (C=O) groups is 3. The number of fused-ring (bicyclic) bond motifs is 7. The molecule has 1 heterocycles. The van der Waals surface area contributed by atoms with Crippen molar-refractivity contribution >= 4 is 23.5 Å². The van der Waals surface area contributed by atoms with Gasteiger partial charge in [-0.15, -0.1) is 0 Å². The van der Waals surface area contributed by atoms with Crippen LogP contribution >= 0.6 is 0 Å². The number of hydrogen-bond donors (Lipinski definition) is 4. The first-order valence-electron chi connectivity index (χ1n) is 19.2. The van der Waals surface area contributed by atoms with Crippen molar-refractivity contribution < 1.29 is 24.6 Å². The SMILES string of the molecule is C=C(C)C1CCC2(NC(=O)N3CCNC(C(=O)O)C3)CCC3(C)C(CCC4C5(C)CC=C(c6ccc(C(=O)O)cc6)C(C)(C)C5CCC43C)C12. The van der Waals surface area contributed by atoms with Gasteiger partial charge in [0.2, 0.25) is 0 Å². The summed E-state index contributed by atoms with van der Waals surface area (Å²) < 4.78 is 0. The maximum Gasteiger partial charge on any atom is 0.335 e. The Labute approximate surface area is 298 Å². The molecule has 8 heteroatoms. The number of aliphatic carboxylic acids is 1. The molecule has 1 saturated heterocycles. The Morgan fingerprint density at radius 1 is 0.900 bits per heavy atom. The quantitative estimate of drug-likeness (QED) is 0.235. The Morgan fingerprint density at radius 2 is 1.62 bits per heavy atom. The Hall–Kier alpha value is -3.13. The third kappa shape index (κ3) is 5.04. The van der Waals surface area contributed by atoms with Crippen molar-refractivity contribution in [2.45, 2.75) is 111 Å². The Kier molecular flexibility index (Phi) is 8.44. The van der Waals surface area contributed by atoms with Gasteiger partial charge in [-0.25, -0.2) is 9.59 Å². The Balaban J connectivity index is 1.18. The van der Waals surface area contributed by atoms with Crippen LogP contribution < -0.4 is 10.6 Å². The zero-order chi connectivity index (χ0) is 36.0. The number of benzene rings is 1. The van der Waals surface area contributed by atoms with Crippen LogP contribution in [0.25, 0.3) is 5.57 Å². The highest BCUT2D eigenvalue weighted by molar-refractivity contribution is 5.88. The zero-order valence-electron chi connectivity index (χ0n) is 31.1. The number of rotatable bonds is 5. The summed E-state index contributed by atoms with van der Waals surface area (Å²) in [5.41, 5.74) is 4.18. The van der Waals surface area contributed by atoms with Crippen molar-refractivity contribution in [1.82, 2.24) is 15.5 Å². The van der Waals surface area contributed by atoms with Crippen LogP contribution in [0.5, 0.6) is 0 Å². The fourth-order valence-electron chi connectivity index (χ4n) is 13.6. The normalized spacial score (nSPS) is 41.8. The molecule has 1 aromatic carbocycles. The molecule has 0 aromatic heterocycles. The monoisotopic (exact) mass is 685 g/mol. The molecule has 7 rings (SSSR count). The highest BCUT2D eigenvalue weighted by atomic mass is 16.4. The van der Waals surface area contributed by atoms with E-state index >= 15 is 0 Å². The first-order valence-corrected chi connectivity index (χ1v) is 19.2. The van der Waals surface area contributed by atoms with E-state index < -0.39 is 18.0 Å². The van der Waals surface area contributed by atoms with E-state index in [0.29, 0.717) is 48.2 Å². The Bertz CT molecular complexity index is 1620. The van der Waals surface area contributed by atoms with Gasteiger partial charge in [0.05, 0.1) is 5.56 Å². The topological polar surface area (TPSA) is 119 Å². The van der Waals surface area contributed by atoms with Crippen LogP contribution in [0.1, 0.15) is 115 Å². The molecule has 0 spiro atoms. The van der Waals surface area contributed by atoms with Crippen molar-refractivity contribution in [3.05, 3.63) is 53.6 Å². The number of amides is 2. The minimum Gasteiger partial charge on any atom is -0.480 e. The van der Waals surface area contributed by atoms with E-state index in [2.05, 4.69) is 64.8 Å². The lowest BCUT2D eigenvalue weighted by Gasteiger charge is -2.72. The smallest absolute Gasteiger partial charge is 0.335 e. The standard InChI is InChI=1S/C42H59N3O5/c1-25(2)28-14-19-42(44-37(50)45-23-22-43-31(24-45)36(48)49)21-20-40(6)30(34(28)42)12-13-33-39(5)17-15-29(26-8-10-27(11-9-26)35(46)47)38(3,4)32(39)16-18-41(33,40)7/h8-11,15,28,30-34,43H,1,12-14,16-24H2,2-7H3,(H,44,50)(H,46,47)(H,48,49). The van der Waals surface area contributed by atoms with Crippen molar-refractivity contribution in [2.75, 3.05) is 19.6 Å². The fourth-order valence-corrected chi connectivity index (χ4v) is 13.6. The molecule has 0 radical (unpaired) electrons. The van der Waals surface area contributed by atoms with E-state index in [4.69, 9.17) is 0 Å². The summed E-state index contributed by atoms with van der Waals surface area (Å²) in [6.45, 7) is 20.6. The molecule has 50 heavy (non-hydrogen) atoms. The molecular weight excluding hydrogens is 626 g/mol. The Morgan fingerprint density at radius 3 is 2.28 bits per heavy atom. The van der Waals surface area contributed by atoms with Crippen LogP contribution in [0.2, 0.25) is 0 Å². The second-order valence-corrected chi connectivity index (χ2v) is 18.5. The van der Waals surface area contributed by atoms with Crippen LogP contribution in [0.15, 0.2) is 42.5 Å². The fraction of sp³-hybridized carbons (Fsp3) is 0.690. The maximum atomic E-state index is 14.0. The highest BCUT2D eigenvalue weighted by Crippen LogP contribution is 2.76. The van der Waals surface area contributed by atoms with Gasteiger partial charge >= 0.3 is 18.0 Å². The summed E-state index contributed by atoms with van der Waals surface area (Å²) in [5, 5.41) is 25.8. The number of carboxylic acid groups (broad SMARTS) is 2. The van der Waals surface area contributed by atoms with Gasteiger partial charge in [-0.3, -0.25) is 4.79 Å². The summed E-state index contributed by atoms with van der Waals surface area (Å²) in [5.74, 6) is 0.485. The van der Waals surface area contributed by atoms with E-state index in [1.54, 1.807) is 17.0 Å². The maximum absolute atomic E-state index is 14.0. The first-order chi connectivity index (χ1) is 23.5. The number of allylic oxidation sites excluding steroid dienone is 3. The van der Waals surface area contributed by atoms with Gasteiger partial charge in [-0.1, -0.05) is 65.0 Å². The molecule has 5 aliphatic carbocycles. The molecule has 4 N–H and O–H groups in total. The number of hydrogen-bond acceptors (Lipinski definition) is 4. The zero-order valence-corrected chi connectivity index (χ0v) is 31.1. The molecule has 10 unspecified atom stereocenters. The van der Waals surface area contributed by atoms with Gasteiger partial charge in [0, 0.05) is 25.2 Å². The predicted octanol–water partition coefficient (Wildman–Crippen LogP) is 7.86. The highest BCUT2D eigenvalue weighted by Gasteiger charge is 2.70. The van der Waals surface area contributed by atoms with Gasteiger partial charge in [0.1, 0.15) is 6.04 Å². The van der Waals surface area contributed by atoms with Crippen LogP contribution in [0.4, 0.5) is 4.79 Å². The van der Waals surface area contributed by atoms with Gasteiger partial charge in [-0.2, -0.15) is 0 Å². The molecule has 1 aromatic rings. The van der Waals surface area contributed by atoms with Crippen molar-refractivity contribution in [3.63, 3.8) is 0 Å². The number of carboxylic acids is 2. The second-order valence-electron chi connectivity index (χ2n) is 18.5. The molecule has 1 aliphatic heterocycles. The van der Waals surface area contributed by atoms with Crippen molar-refractivity contribution in [2.24, 2.45) is 51.2 Å². The van der Waals surface area contributed by atoms with E-state index in [-0.39, 0.29) is 39.8 Å². The lowest BCUT2D eigenvalue weighted by atomic mass is 9.33. The molecule has 0 bridgehead atoms. The first kappa shape index (κ1) is 35.3. The van der Waals surface area contributed by atoms with Gasteiger partial charge < -0.3 is 25.7 Å². The third-order valence-corrected chi connectivity index (χ3v) is 16.2. The van der Waals surface area contributed by atoms with E-state index in [9.17, 15) is 24.6 Å². The summed E-state index contributed by atoms with van der Waals surface area (Å²) in [6.07, 6.45) is 12.3. The summed E-state index contributed by atoms with van der Waals surface area (Å²) >= 11 is 0. The number of aromatic carboxylic acids is 1. The van der Waals surface area contributed by atoms with Crippen LogP contribution in [-0.4, -0.2) is 64.3 Å². The van der Waals surface area contributed by atoms with Crippen LogP contribution in [-0.2, 0) is 4.79 Å². The molecule has 2 amide bonds. The number of piperazine rings is 1. The largest absolute Gasteiger partial charge is 0.480 e. The van der Waals surface area contributed by atoms with Crippen molar-refractivity contribution in [3.8, 4) is 0 Å². The molecule has 4 saturated carbocycles. The average molecular weight is 686 g/mol. The van der Waals surface area contributed by atoms with Crippen LogP contribution in [0.3, 0.4) is 0 Å². The number of nitrogens with zero attached hydrogens (tertiary/aromatic N) is 1. The molecule has 10 atom stereocenters. The molecule has 5 fully saturated rings. The second kappa shape index (κ2) is 12.0. The van der Waals surface area contributed by atoms with E-state index in [0.717, 1.165) is 44.1 Å². The van der Waals surface area contributed by atoms with E-state index in [1.807, 2.05) is 12.1 Å². The summed E-state index contributed by atoms with van der Waals surface area (Å²) in [6, 6.07) is 6.64. The number of urea groups is 1. The number of nitrogens with one attached hydrogen (secondary N) is 2. The molecule has 272 valence electrons. The average Bonchev–Trinajstić information content (AvgIpc) is 3.44. The molecule has 6 aliphatic rings. The van der Waals surface area contributed by atoms with Gasteiger partial charge in [-0.05, 0) is 139 Å². The molecule has 8 nitrogen and oxygen atoms in total.